The molecule has 0 aliphatic carbocycles. The van der Waals surface area contributed by atoms with Gasteiger partial charge in [0.1, 0.15) is 5.82 Å². The molecule has 0 spiro atoms. The summed E-state index contributed by atoms with van der Waals surface area (Å²) < 4.78 is 20.0. The van der Waals surface area contributed by atoms with E-state index in [1.807, 2.05) is 6.26 Å². The molecule has 112 valence electrons. The minimum atomic E-state index is -0.439. The number of hydrogen-bond donors (Lipinski definition) is 1. The molecule has 0 bridgehead atoms. The average Bonchev–Trinajstić information content (AvgIpc) is 2.48. The van der Waals surface area contributed by atoms with Gasteiger partial charge in [-0.25, -0.2) is 9.37 Å². The quantitative estimate of drug-likeness (QED) is 0.588. The van der Waals surface area contributed by atoms with Crippen LogP contribution in [-0.2, 0) is 0 Å². The molecule has 0 atom stereocenters. The Bertz CT molecular complexity index is 627. The second kappa shape index (κ2) is 7.61. The summed E-state index contributed by atoms with van der Waals surface area (Å²) in [5.74, 6) is 0.661. The number of anilines is 1. The van der Waals surface area contributed by atoms with Crippen molar-refractivity contribution in [2.24, 2.45) is 0 Å². The standard InChI is InChI=1S/C14H15BrFN3OS/c1-3-6-17-12-8-13(19-14(18-12)21-2)20-11-7-9(15)4-5-10(11)16/h4-5,7-8H,3,6H2,1-2H3,(H,17,18,19). The van der Waals surface area contributed by atoms with Crippen molar-refractivity contribution in [1.82, 2.24) is 9.97 Å². The fourth-order valence-electron chi connectivity index (χ4n) is 1.56. The monoisotopic (exact) mass is 371 g/mol. The molecule has 2 rings (SSSR count). The highest BCUT2D eigenvalue weighted by molar-refractivity contribution is 9.10. The number of nitrogens with one attached hydrogen (secondary N) is 1. The number of aromatic nitrogens is 2. The number of ether oxygens (including phenoxy) is 1. The first-order valence-corrected chi connectivity index (χ1v) is 8.44. The third-order valence-electron chi connectivity index (χ3n) is 2.53. The Morgan fingerprint density at radius 1 is 1.33 bits per heavy atom. The number of halogens is 2. The van der Waals surface area contributed by atoms with Gasteiger partial charge in [0.2, 0.25) is 5.88 Å². The molecule has 0 amide bonds. The van der Waals surface area contributed by atoms with Crippen LogP contribution in [0.25, 0.3) is 0 Å². The number of benzene rings is 1. The largest absolute Gasteiger partial charge is 0.436 e. The lowest BCUT2D eigenvalue weighted by Crippen LogP contribution is -2.04. The van der Waals surface area contributed by atoms with E-state index in [0.717, 1.165) is 17.4 Å². The van der Waals surface area contributed by atoms with Crippen molar-refractivity contribution in [1.29, 1.82) is 0 Å². The summed E-state index contributed by atoms with van der Waals surface area (Å²) in [4.78, 5) is 8.56. The van der Waals surface area contributed by atoms with E-state index in [1.54, 1.807) is 18.2 Å². The Balaban J connectivity index is 2.27. The average molecular weight is 372 g/mol. The van der Waals surface area contributed by atoms with Gasteiger partial charge < -0.3 is 10.1 Å². The van der Waals surface area contributed by atoms with Crippen LogP contribution in [0.1, 0.15) is 13.3 Å². The summed E-state index contributed by atoms with van der Waals surface area (Å²) in [5.41, 5.74) is 0. The normalized spacial score (nSPS) is 10.5. The molecule has 21 heavy (non-hydrogen) atoms. The van der Waals surface area contributed by atoms with Crippen LogP contribution < -0.4 is 10.1 Å². The number of rotatable bonds is 6. The van der Waals surface area contributed by atoms with Crippen LogP contribution in [-0.4, -0.2) is 22.8 Å². The van der Waals surface area contributed by atoms with Gasteiger partial charge in [-0.05, 0) is 30.9 Å². The van der Waals surface area contributed by atoms with E-state index in [2.05, 4.69) is 38.1 Å². The van der Waals surface area contributed by atoms with Crippen LogP contribution in [0.4, 0.5) is 10.2 Å². The van der Waals surface area contributed by atoms with Crippen molar-refractivity contribution in [2.45, 2.75) is 18.5 Å². The van der Waals surface area contributed by atoms with Gasteiger partial charge in [-0.2, -0.15) is 4.98 Å². The van der Waals surface area contributed by atoms with E-state index in [0.29, 0.717) is 16.9 Å². The van der Waals surface area contributed by atoms with Crippen molar-refractivity contribution in [3.05, 3.63) is 34.6 Å². The summed E-state index contributed by atoms with van der Waals surface area (Å²) in [6.07, 6.45) is 2.86. The van der Waals surface area contributed by atoms with E-state index in [4.69, 9.17) is 4.74 Å². The fourth-order valence-corrected chi connectivity index (χ4v) is 2.27. The highest BCUT2D eigenvalue weighted by atomic mass is 79.9. The molecule has 0 radical (unpaired) electrons. The molecular formula is C14H15BrFN3OS. The van der Waals surface area contributed by atoms with Crippen molar-refractivity contribution in [3.8, 4) is 11.6 Å². The Kier molecular flexibility index (Phi) is 5.81. The van der Waals surface area contributed by atoms with Crippen LogP contribution in [0.3, 0.4) is 0 Å². The Morgan fingerprint density at radius 3 is 2.86 bits per heavy atom. The van der Waals surface area contributed by atoms with Gasteiger partial charge in [0.05, 0.1) is 0 Å². The van der Waals surface area contributed by atoms with Crippen molar-refractivity contribution in [2.75, 3.05) is 18.1 Å². The fraction of sp³-hybridized carbons (Fsp3) is 0.286. The lowest BCUT2D eigenvalue weighted by atomic mass is 10.3. The zero-order valence-corrected chi connectivity index (χ0v) is 14.1. The number of thioether (sulfide) groups is 1. The van der Waals surface area contributed by atoms with Crippen LogP contribution >= 0.6 is 27.7 Å². The maximum atomic E-state index is 13.7. The van der Waals surface area contributed by atoms with Crippen LogP contribution in [0.15, 0.2) is 33.9 Å². The summed E-state index contributed by atoms with van der Waals surface area (Å²) in [6, 6.07) is 6.18. The second-order valence-electron chi connectivity index (χ2n) is 4.18. The molecule has 0 aliphatic rings. The van der Waals surface area contributed by atoms with Crippen LogP contribution in [0, 0.1) is 5.82 Å². The van der Waals surface area contributed by atoms with E-state index >= 15 is 0 Å². The van der Waals surface area contributed by atoms with Gasteiger partial charge in [0.15, 0.2) is 16.7 Å². The van der Waals surface area contributed by atoms with Gasteiger partial charge in [-0.3, -0.25) is 0 Å². The molecule has 0 unspecified atom stereocenters. The molecule has 2 aromatic rings. The van der Waals surface area contributed by atoms with Crippen LogP contribution in [0.5, 0.6) is 11.6 Å². The minimum Gasteiger partial charge on any atom is -0.436 e. The Morgan fingerprint density at radius 2 is 2.14 bits per heavy atom. The number of hydrogen-bond acceptors (Lipinski definition) is 5. The summed E-state index contributed by atoms with van der Waals surface area (Å²) in [7, 11) is 0. The lowest BCUT2D eigenvalue weighted by Gasteiger charge is -2.10. The van der Waals surface area contributed by atoms with E-state index in [-0.39, 0.29) is 5.75 Å². The molecule has 1 heterocycles. The smallest absolute Gasteiger partial charge is 0.225 e. The first kappa shape index (κ1) is 16.0. The van der Waals surface area contributed by atoms with Crippen molar-refractivity contribution in [3.63, 3.8) is 0 Å². The maximum absolute atomic E-state index is 13.7. The molecule has 1 aromatic carbocycles. The molecule has 0 saturated heterocycles. The lowest BCUT2D eigenvalue weighted by molar-refractivity contribution is 0.422. The molecule has 1 aromatic heterocycles. The van der Waals surface area contributed by atoms with Crippen LogP contribution in [0.2, 0.25) is 0 Å². The molecular weight excluding hydrogens is 357 g/mol. The van der Waals surface area contributed by atoms with Crippen molar-refractivity contribution < 1.29 is 9.13 Å². The first-order chi connectivity index (χ1) is 10.1. The van der Waals surface area contributed by atoms with Crippen molar-refractivity contribution >= 4 is 33.5 Å². The zero-order valence-electron chi connectivity index (χ0n) is 11.7. The maximum Gasteiger partial charge on any atom is 0.225 e. The highest BCUT2D eigenvalue weighted by Gasteiger charge is 2.09. The van der Waals surface area contributed by atoms with Gasteiger partial charge in [-0.1, -0.05) is 34.6 Å². The molecule has 1 N–H and O–H groups in total. The second-order valence-corrected chi connectivity index (χ2v) is 5.87. The van der Waals surface area contributed by atoms with E-state index < -0.39 is 5.82 Å². The topological polar surface area (TPSA) is 47.0 Å². The molecule has 0 aliphatic heterocycles. The molecule has 4 nitrogen and oxygen atoms in total. The molecule has 7 heteroatoms. The molecule has 0 saturated carbocycles. The molecule has 0 fully saturated rings. The number of nitrogens with zero attached hydrogens (tertiary/aromatic N) is 2. The van der Waals surface area contributed by atoms with E-state index in [9.17, 15) is 4.39 Å². The summed E-state index contributed by atoms with van der Waals surface area (Å²) in [5, 5.41) is 3.74. The Hall–Kier alpha value is -1.34. The Labute approximate surface area is 135 Å². The zero-order chi connectivity index (χ0) is 15.2. The third kappa shape index (κ3) is 4.57. The minimum absolute atomic E-state index is 0.122. The van der Waals surface area contributed by atoms with Gasteiger partial charge >= 0.3 is 0 Å². The summed E-state index contributed by atoms with van der Waals surface area (Å²) >= 11 is 4.69. The van der Waals surface area contributed by atoms with E-state index in [1.165, 1.54) is 17.8 Å². The highest BCUT2D eigenvalue weighted by Crippen LogP contribution is 2.28. The van der Waals surface area contributed by atoms with Gasteiger partial charge in [0.25, 0.3) is 0 Å². The predicted octanol–water partition coefficient (Wildman–Crippen LogP) is 4.71. The SMILES string of the molecule is CCCNc1cc(Oc2cc(Br)ccc2F)nc(SC)n1. The first-order valence-electron chi connectivity index (χ1n) is 6.42. The summed E-state index contributed by atoms with van der Waals surface area (Å²) in [6.45, 7) is 2.87. The van der Waals surface area contributed by atoms with Gasteiger partial charge in [0, 0.05) is 17.1 Å². The predicted molar refractivity (Wildman–Crippen MR) is 86.8 cm³/mol. The van der Waals surface area contributed by atoms with Gasteiger partial charge in [-0.15, -0.1) is 0 Å². The third-order valence-corrected chi connectivity index (χ3v) is 3.57.